The molecule has 0 saturated carbocycles. The van der Waals surface area contributed by atoms with Gasteiger partial charge in [0.25, 0.3) is 0 Å². The molecule has 1 heterocycles. The van der Waals surface area contributed by atoms with E-state index in [4.69, 9.17) is 0 Å². The number of thiazole rings is 1. The second-order valence-corrected chi connectivity index (χ2v) is 6.60. The first-order chi connectivity index (χ1) is 8.47. The van der Waals surface area contributed by atoms with Crippen LogP contribution in [0.25, 0.3) is 10.2 Å². The van der Waals surface area contributed by atoms with Crippen LogP contribution in [0.5, 0.6) is 0 Å². The summed E-state index contributed by atoms with van der Waals surface area (Å²) in [6.45, 7) is 11.5. The van der Waals surface area contributed by atoms with E-state index in [1.165, 1.54) is 9.71 Å². The van der Waals surface area contributed by atoms with Gasteiger partial charge >= 0.3 is 0 Å². The van der Waals surface area contributed by atoms with Crippen LogP contribution in [0.1, 0.15) is 25.8 Å². The lowest BCUT2D eigenvalue weighted by molar-refractivity contribution is 0.463. The largest absolute Gasteiger partial charge is 0.388 e. The van der Waals surface area contributed by atoms with E-state index in [-0.39, 0.29) is 5.41 Å². The molecule has 2 aromatic rings. The quantitative estimate of drug-likeness (QED) is 0.899. The summed E-state index contributed by atoms with van der Waals surface area (Å²) in [5.41, 5.74) is 2.31. The second kappa shape index (κ2) is 5.11. The normalized spacial score (nSPS) is 11.7. The summed E-state index contributed by atoms with van der Waals surface area (Å²) >= 11 is 1.78. The zero-order valence-corrected chi connectivity index (χ0v) is 12.1. The molecule has 0 spiro atoms. The average molecular weight is 260 g/mol. The van der Waals surface area contributed by atoms with E-state index >= 15 is 0 Å². The lowest BCUT2D eigenvalue weighted by Gasteiger charge is -2.22. The molecule has 0 atom stereocenters. The maximum absolute atomic E-state index is 4.62. The molecule has 2 nitrogen and oxygen atoms in total. The van der Waals surface area contributed by atoms with Crippen LogP contribution in [0.3, 0.4) is 0 Å². The third-order valence-corrected chi connectivity index (χ3v) is 4.02. The number of rotatable bonds is 4. The van der Waals surface area contributed by atoms with Gasteiger partial charge in [-0.15, -0.1) is 11.3 Å². The average Bonchev–Trinajstić information content (AvgIpc) is 2.70. The molecule has 0 bridgehead atoms. The molecule has 1 N–H and O–H groups in total. The van der Waals surface area contributed by atoms with Gasteiger partial charge in [-0.25, -0.2) is 4.98 Å². The molecule has 18 heavy (non-hydrogen) atoms. The van der Waals surface area contributed by atoms with Crippen molar-refractivity contribution in [2.45, 2.75) is 27.2 Å². The Bertz CT molecular complexity index is 516. The molecule has 0 amide bonds. The fraction of sp³-hybridized carbons (Fsp3) is 0.400. The molecule has 0 unspecified atom stereocenters. The molecule has 3 heteroatoms. The zero-order chi connectivity index (χ0) is 13.2. The first-order valence-corrected chi connectivity index (χ1v) is 7.06. The van der Waals surface area contributed by atoms with Gasteiger partial charge in [0.05, 0.1) is 15.2 Å². The van der Waals surface area contributed by atoms with E-state index < -0.39 is 0 Å². The number of nitrogens with zero attached hydrogens (tertiary/aromatic N) is 1. The minimum Gasteiger partial charge on any atom is -0.388 e. The van der Waals surface area contributed by atoms with Gasteiger partial charge in [-0.3, -0.25) is 0 Å². The fourth-order valence-corrected chi connectivity index (χ4v) is 2.58. The predicted molar refractivity (Wildman–Crippen MR) is 79.9 cm³/mol. The van der Waals surface area contributed by atoms with Crippen LogP contribution in [-0.4, -0.2) is 11.5 Å². The molecule has 96 valence electrons. The Labute approximate surface area is 113 Å². The maximum atomic E-state index is 4.62. The van der Waals surface area contributed by atoms with Gasteiger partial charge in [0, 0.05) is 24.1 Å². The van der Waals surface area contributed by atoms with Gasteiger partial charge in [-0.1, -0.05) is 39.5 Å². The van der Waals surface area contributed by atoms with Crippen molar-refractivity contribution in [1.29, 1.82) is 0 Å². The third-order valence-electron chi connectivity index (χ3n) is 2.92. The number of hydrogen-bond acceptors (Lipinski definition) is 3. The van der Waals surface area contributed by atoms with E-state index in [9.17, 15) is 0 Å². The minimum absolute atomic E-state index is 0.119. The summed E-state index contributed by atoms with van der Waals surface area (Å²) in [6.07, 6.45) is 0.953. The van der Waals surface area contributed by atoms with Crippen LogP contribution in [0.15, 0.2) is 36.5 Å². The number of hydrogen-bond donors (Lipinski definition) is 1. The molecule has 1 aromatic carbocycles. The molecule has 1 aromatic heterocycles. The van der Waals surface area contributed by atoms with Crippen LogP contribution in [0.4, 0.5) is 0 Å². The fourth-order valence-electron chi connectivity index (χ4n) is 1.61. The molecule has 0 saturated heterocycles. The maximum Gasteiger partial charge on any atom is 0.0956 e. The van der Waals surface area contributed by atoms with E-state index in [1.807, 2.05) is 6.07 Å². The Morgan fingerprint density at radius 2 is 2.06 bits per heavy atom. The number of fused-ring (bicyclic) bond motifs is 1. The molecule has 2 rings (SSSR count). The summed E-state index contributed by atoms with van der Waals surface area (Å²) < 4.78 is 1.27. The second-order valence-electron chi connectivity index (χ2n) is 5.48. The summed E-state index contributed by atoms with van der Waals surface area (Å²) in [6, 6.07) is 8.28. The number of benzene rings is 1. The monoisotopic (exact) mass is 260 g/mol. The van der Waals surface area contributed by atoms with E-state index in [0.717, 1.165) is 24.2 Å². The van der Waals surface area contributed by atoms with Crippen molar-refractivity contribution in [2.24, 2.45) is 5.41 Å². The van der Waals surface area contributed by atoms with Crippen LogP contribution in [-0.2, 0) is 6.42 Å². The highest BCUT2D eigenvalue weighted by Gasteiger charge is 2.14. The summed E-state index contributed by atoms with van der Waals surface area (Å²) in [7, 11) is 0. The Morgan fingerprint density at radius 1 is 1.33 bits per heavy atom. The molecule has 0 radical (unpaired) electrons. The molecule has 0 aliphatic heterocycles. The van der Waals surface area contributed by atoms with Crippen molar-refractivity contribution in [3.8, 4) is 0 Å². The predicted octanol–water partition coefficient (Wildman–Crippen LogP) is 3.99. The van der Waals surface area contributed by atoms with Crippen molar-refractivity contribution >= 4 is 21.6 Å². The number of nitrogens with one attached hydrogen (secondary N) is 1. The standard InChI is InChI=1S/C15H20N2S/c1-11(15(2,3)4)16-10-9-14-17-12-7-5-6-8-13(12)18-14/h5-8,16H,1,9-10H2,2-4H3. The lowest BCUT2D eigenvalue weighted by Crippen LogP contribution is -2.25. The Balaban J connectivity index is 1.93. The van der Waals surface area contributed by atoms with Crippen molar-refractivity contribution in [3.05, 3.63) is 41.5 Å². The number of para-hydroxylation sites is 1. The van der Waals surface area contributed by atoms with Gasteiger partial charge in [0.15, 0.2) is 0 Å². The molecule has 0 aliphatic rings. The Kier molecular flexibility index (Phi) is 3.71. The van der Waals surface area contributed by atoms with Crippen molar-refractivity contribution in [2.75, 3.05) is 6.54 Å². The van der Waals surface area contributed by atoms with Gasteiger partial charge in [-0.05, 0) is 12.1 Å². The van der Waals surface area contributed by atoms with E-state index in [0.29, 0.717) is 0 Å². The highest BCUT2D eigenvalue weighted by molar-refractivity contribution is 7.18. The SMILES string of the molecule is C=C(NCCc1nc2ccccc2s1)C(C)(C)C. The Hall–Kier alpha value is -1.35. The van der Waals surface area contributed by atoms with Crippen molar-refractivity contribution in [1.82, 2.24) is 10.3 Å². The van der Waals surface area contributed by atoms with Crippen LogP contribution in [0, 0.1) is 5.41 Å². The van der Waals surface area contributed by atoms with Crippen LogP contribution in [0.2, 0.25) is 0 Å². The highest BCUT2D eigenvalue weighted by atomic mass is 32.1. The topological polar surface area (TPSA) is 24.9 Å². The first kappa shape index (κ1) is 13.1. The van der Waals surface area contributed by atoms with Gasteiger partial charge < -0.3 is 5.32 Å². The van der Waals surface area contributed by atoms with Gasteiger partial charge in [0.2, 0.25) is 0 Å². The van der Waals surface area contributed by atoms with Crippen molar-refractivity contribution in [3.63, 3.8) is 0 Å². The summed E-state index contributed by atoms with van der Waals surface area (Å²) in [5.74, 6) is 0. The minimum atomic E-state index is 0.119. The smallest absolute Gasteiger partial charge is 0.0956 e. The summed E-state index contributed by atoms with van der Waals surface area (Å²) in [4.78, 5) is 4.62. The first-order valence-electron chi connectivity index (χ1n) is 6.24. The van der Waals surface area contributed by atoms with Crippen LogP contribution < -0.4 is 5.32 Å². The molecular weight excluding hydrogens is 240 g/mol. The number of aromatic nitrogens is 1. The summed E-state index contributed by atoms with van der Waals surface area (Å²) in [5, 5.41) is 4.57. The number of allylic oxidation sites excluding steroid dienone is 1. The van der Waals surface area contributed by atoms with Gasteiger partial charge in [-0.2, -0.15) is 0 Å². The Morgan fingerprint density at radius 3 is 2.72 bits per heavy atom. The molecular formula is C15H20N2S. The lowest BCUT2D eigenvalue weighted by atomic mass is 9.93. The zero-order valence-electron chi connectivity index (χ0n) is 11.3. The van der Waals surface area contributed by atoms with E-state index in [1.54, 1.807) is 11.3 Å². The molecule has 0 aliphatic carbocycles. The van der Waals surface area contributed by atoms with E-state index in [2.05, 4.69) is 55.9 Å². The molecule has 0 fully saturated rings. The van der Waals surface area contributed by atoms with Gasteiger partial charge in [0.1, 0.15) is 0 Å². The highest BCUT2D eigenvalue weighted by Crippen LogP contribution is 2.23. The van der Waals surface area contributed by atoms with Crippen LogP contribution >= 0.6 is 11.3 Å². The third kappa shape index (κ3) is 3.10. The van der Waals surface area contributed by atoms with Crippen molar-refractivity contribution < 1.29 is 0 Å².